The Kier molecular flexibility index (Phi) is 7.32. The van der Waals surface area contributed by atoms with Gasteiger partial charge in [0.2, 0.25) is 0 Å². The van der Waals surface area contributed by atoms with Crippen molar-refractivity contribution in [1.29, 1.82) is 0 Å². The summed E-state index contributed by atoms with van der Waals surface area (Å²) in [6.45, 7) is 5.80. The van der Waals surface area contributed by atoms with Crippen molar-refractivity contribution in [3.05, 3.63) is 96.2 Å². The van der Waals surface area contributed by atoms with Gasteiger partial charge in [-0.15, -0.1) is 0 Å². The number of anilines is 2. The largest absolute Gasteiger partial charge is 0.511 e. The topological polar surface area (TPSA) is 129 Å². The van der Waals surface area contributed by atoms with Crippen LogP contribution >= 0.6 is 0 Å². The summed E-state index contributed by atoms with van der Waals surface area (Å²) >= 11 is 0. The molecular weight excluding hydrogens is 548 g/mol. The van der Waals surface area contributed by atoms with Gasteiger partial charge < -0.3 is 9.84 Å². The molecular formula is C32H30N6O5. The van der Waals surface area contributed by atoms with E-state index in [1.165, 1.54) is 11.2 Å². The lowest BCUT2D eigenvalue weighted by atomic mass is 9.85. The molecule has 11 heteroatoms. The van der Waals surface area contributed by atoms with Crippen LogP contribution in [-0.2, 0) is 11.3 Å². The van der Waals surface area contributed by atoms with Crippen LogP contribution in [0.5, 0.6) is 5.75 Å². The summed E-state index contributed by atoms with van der Waals surface area (Å²) in [7, 11) is 0. The van der Waals surface area contributed by atoms with E-state index in [0.717, 1.165) is 27.9 Å². The summed E-state index contributed by atoms with van der Waals surface area (Å²) in [4.78, 5) is 57.1. The zero-order chi connectivity index (χ0) is 30.1. The first kappa shape index (κ1) is 28.0. The fraction of sp³-hybridized carbons (Fsp3) is 0.250. The van der Waals surface area contributed by atoms with Crippen molar-refractivity contribution in [2.45, 2.75) is 38.8 Å². The van der Waals surface area contributed by atoms with E-state index >= 15 is 0 Å². The number of hydrogen-bond acceptors (Lipinski definition) is 8. The first-order valence-electron chi connectivity index (χ1n) is 14.0. The van der Waals surface area contributed by atoms with Crippen LogP contribution < -0.4 is 14.5 Å². The van der Waals surface area contributed by atoms with Gasteiger partial charge in [0, 0.05) is 32.0 Å². The number of piperidine rings is 1. The Morgan fingerprint density at radius 1 is 0.953 bits per heavy atom. The van der Waals surface area contributed by atoms with Gasteiger partial charge in [0.1, 0.15) is 23.4 Å². The monoisotopic (exact) mass is 578 g/mol. The van der Waals surface area contributed by atoms with Gasteiger partial charge in [-0.1, -0.05) is 24.3 Å². The number of pyridine rings is 1. The Morgan fingerprint density at radius 3 is 2.37 bits per heavy atom. The summed E-state index contributed by atoms with van der Waals surface area (Å²) in [5.41, 5.74) is 4.05. The molecule has 11 nitrogen and oxygen atoms in total. The fourth-order valence-corrected chi connectivity index (χ4v) is 5.96. The third-order valence-electron chi connectivity index (χ3n) is 8.22. The summed E-state index contributed by atoms with van der Waals surface area (Å²) in [6, 6.07) is 17.4. The van der Waals surface area contributed by atoms with E-state index < -0.39 is 17.7 Å². The fourth-order valence-electron chi connectivity index (χ4n) is 5.96. The standard InChI is InChI=1S/C32H30N6O5/c1-21-4-3-14-34-27(21)19-36-16-12-32(13-17-36)29(39)37(30(40)38(32)28-11-15-33-20-35-28)24-7-5-23(6-8-24)26-10-9-25(18-22(26)2)43-31(41)42/h3-11,14-15,18,20H,12-13,16-17,19H2,1-2H3,(H,41,42). The summed E-state index contributed by atoms with van der Waals surface area (Å²) in [5.74, 6) is 0.347. The lowest BCUT2D eigenvalue weighted by Gasteiger charge is -2.41. The Labute approximate surface area is 248 Å². The van der Waals surface area contributed by atoms with Gasteiger partial charge in [-0.2, -0.15) is 0 Å². The van der Waals surface area contributed by atoms with Gasteiger partial charge in [-0.25, -0.2) is 24.5 Å². The number of carboxylic acid groups (broad SMARTS) is 1. The van der Waals surface area contributed by atoms with Crippen molar-refractivity contribution in [3.63, 3.8) is 0 Å². The number of likely N-dealkylation sites (tertiary alicyclic amines) is 1. The number of carbonyl (C=O) groups excluding carboxylic acids is 2. The zero-order valence-corrected chi connectivity index (χ0v) is 23.8. The molecule has 0 aliphatic carbocycles. The van der Waals surface area contributed by atoms with E-state index in [2.05, 4.69) is 19.9 Å². The molecule has 0 atom stereocenters. The van der Waals surface area contributed by atoms with Gasteiger partial charge in [-0.3, -0.25) is 19.6 Å². The summed E-state index contributed by atoms with van der Waals surface area (Å²) < 4.78 is 4.75. The highest BCUT2D eigenvalue weighted by Gasteiger charge is 2.59. The van der Waals surface area contributed by atoms with Crippen molar-refractivity contribution in [3.8, 4) is 16.9 Å². The lowest BCUT2D eigenvalue weighted by molar-refractivity contribution is -0.123. The molecule has 0 saturated carbocycles. The van der Waals surface area contributed by atoms with Crippen LogP contribution in [0.25, 0.3) is 11.1 Å². The second-order valence-corrected chi connectivity index (χ2v) is 10.8. The van der Waals surface area contributed by atoms with Crippen LogP contribution in [0.2, 0.25) is 0 Å². The van der Waals surface area contributed by atoms with Crippen LogP contribution in [0.3, 0.4) is 0 Å². The number of rotatable bonds is 6. The van der Waals surface area contributed by atoms with Crippen LogP contribution in [0.1, 0.15) is 29.7 Å². The maximum Gasteiger partial charge on any atom is 0.511 e. The maximum atomic E-state index is 14.3. The molecule has 6 rings (SSSR count). The molecule has 2 aliphatic rings. The Balaban J connectivity index is 1.28. The predicted octanol–water partition coefficient (Wildman–Crippen LogP) is 5.22. The number of urea groups is 1. The van der Waals surface area contributed by atoms with Gasteiger partial charge in [-0.05, 0) is 85.3 Å². The molecule has 1 spiro atoms. The number of benzene rings is 2. The van der Waals surface area contributed by atoms with E-state index in [4.69, 9.17) is 9.84 Å². The second kappa shape index (κ2) is 11.3. The van der Waals surface area contributed by atoms with Crippen molar-refractivity contribution >= 4 is 29.6 Å². The molecule has 3 amide bonds. The van der Waals surface area contributed by atoms with Crippen molar-refractivity contribution < 1.29 is 24.2 Å². The minimum absolute atomic E-state index is 0.231. The molecule has 43 heavy (non-hydrogen) atoms. The molecule has 4 aromatic rings. The number of amides is 3. The third kappa shape index (κ3) is 5.19. The highest BCUT2D eigenvalue weighted by atomic mass is 16.7. The van der Waals surface area contributed by atoms with Crippen molar-refractivity contribution in [2.24, 2.45) is 0 Å². The molecule has 2 saturated heterocycles. The Hall–Kier alpha value is -5.16. The molecule has 0 unspecified atom stereocenters. The smallest absolute Gasteiger partial charge is 0.449 e. The van der Waals surface area contributed by atoms with Crippen molar-refractivity contribution in [1.82, 2.24) is 19.9 Å². The molecule has 2 fully saturated rings. The second-order valence-electron chi connectivity index (χ2n) is 10.8. The Bertz CT molecular complexity index is 1690. The molecule has 0 radical (unpaired) electrons. The number of aryl methyl sites for hydroxylation is 2. The van der Waals surface area contributed by atoms with Crippen molar-refractivity contribution in [2.75, 3.05) is 22.9 Å². The minimum atomic E-state index is -1.38. The number of aromatic nitrogens is 3. The van der Waals surface area contributed by atoms with Crippen LogP contribution in [0.4, 0.5) is 21.1 Å². The van der Waals surface area contributed by atoms with Crippen LogP contribution in [-0.4, -0.2) is 61.7 Å². The highest BCUT2D eigenvalue weighted by Crippen LogP contribution is 2.42. The average Bonchev–Trinajstić information content (AvgIpc) is 3.21. The van der Waals surface area contributed by atoms with E-state index in [0.29, 0.717) is 44.0 Å². The normalized spacial score (nSPS) is 16.6. The number of carbonyl (C=O) groups is 3. The van der Waals surface area contributed by atoms with Gasteiger partial charge in [0.15, 0.2) is 0 Å². The zero-order valence-electron chi connectivity index (χ0n) is 23.8. The lowest BCUT2D eigenvalue weighted by Crippen LogP contribution is -2.57. The number of hydrogen-bond donors (Lipinski definition) is 1. The van der Waals surface area contributed by atoms with E-state index in [1.807, 2.05) is 38.1 Å². The van der Waals surface area contributed by atoms with E-state index in [-0.39, 0.29) is 11.7 Å². The van der Waals surface area contributed by atoms with Gasteiger partial charge in [0.05, 0.1) is 11.4 Å². The SMILES string of the molecule is Cc1cc(OC(=O)O)ccc1-c1ccc(N2C(=O)N(c3ccncn3)C3(CCN(Cc4ncccc4C)CC3)C2=O)cc1. The number of ether oxygens (including phenoxy) is 1. The summed E-state index contributed by atoms with van der Waals surface area (Å²) in [5, 5.41) is 8.89. The first-order chi connectivity index (χ1) is 20.8. The molecule has 1 N–H and O–H groups in total. The molecule has 218 valence electrons. The molecule has 2 aromatic carbocycles. The molecule has 2 aliphatic heterocycles. The average molecular weight is 579 g/mol. The molecule has 0 bridgehead atoms. The predicted molar refractivity (Wildman–Crippen MR) is 159 cm³/mol. The number of nitrogens with zero attached hydrogens (tertiary/aromatic N) is 6. The third-order valence-corrected chi connectivity index (χ3v) is 8.22. The molecule has 2 aromatic heterocycles. The van der Waals surface area contributed by atoms with Gasteiger partial charge in [0.25, 0.3) is 5.91 Å². The van der Waals surface area contributed by atoms with Crippen LogP contribution in [0, 0.1) is 13.8 Å². The molecule has 4 heterocycles. The quantitative estimate of drug-likeness (QED) is 0.186. The Morgan fingerprint density at radius 2 is 1.72 bits per heavy atom. The first-order valence-corrected chi connectivity index (χ1v) is 14.0. The van der Waals surface area contributed by atoms with Gasteiger partial charge >= 0.3 is 12.2 Å². The highest BCUT2D eigenvalue weighted by molar-refractivity contribution is 6.30. The van der Waals surface area contributed by atoms with E-state index in [1.54, 1.807) is 53.7 Å². The van der Waals surface area contributed by atoms with E-state index in [9.17, 15) is 14.4 Å². The number of imide groups is 1. The summed E-state index contributed by atoms with van der Waals surface area (Å²) in [6.07, 6.45) is 4.26. The maximum absolute atomic E-state index is 14.3. The minimum Gasteiger partial charge on any atom is -0.449 e. The van der Waals surface area contributed by atoms with Crippen LogP contribution in [0.15, 0.2) is 79.4 Å².